The highest BCUT2D eigenvalue weighted by Crippen LogP contribution is 2.33. The summed E-state index contributed by atoms with van der Waals surface area (Å²) >= 11 is 5.85. The van der Waals surface area contributed by atoms with Crippen LogP contribution in [0.2, 0.25) is 5.02 Å². The SMILES string of the molecule is COCCn1cc(Nc2cccc(Cl)c2[N+](=O)[O-])cn1. The van der Waals surface area contributed by atoms with Gasteiger partial charge in [0.15, 0.2) is 0 Å². The number of aromatic nitrogens is 2. The number of anilines is 2. The molecule has 0 aliphatic carbocycles. The molecule has 7 nitrogen and oxygen atoms in total. The number of nitro benzene ring substituents is 1. The number of benzene rings is 1. The summed E-state index contributed by atoms with van der Waals surface area (Å²) in [5, 5.41) is 18.2. The summed E-state index contributed by atoms with van der Waals surface area (Å²) in [6.45, 7) is 1.15. The van der Waals surface area contributed by atoms with Crippen LogP contribution < -0.4 is 5.32 Å². The van der Waals surface area contributed by atoms with Gasteiger partial charge < -0.3 is 10.1 Å². The van der Waals surface area contributed by atoms with Gasteiger partial charge in [0.25, 0.3) is 0 Å². The molecule has 1 aromatic heterocycles. The van der Waals surface area contributed by atoms with Crippen molar-refractivity contribution in [2.75, 3.05) is 19.0 Å². The van der Waals surface area contributed by atoms with Gasteiger partial charge in [-0.25, -0.2) is 0 Å². The summed E-state index contributed by atoms with van der Waals surface area (Å²) in [5.41, 5.74) is 0.819. The minimum Gasteiger partial charge on any atom is -0.383 e. The highest BCUT2D eigenvalue weighted by Gasteiger charge is 2.18. The molecule has 0 spiro atoms. The topological polar surface area (TPSA) is 82.2 Å². The Kier molecular flexibility index (Phi) is 4.54. The number of nitro groups is 1. The van der Waals surface area contributed by atoms with Gasteiger partial charge in [-0.1, -0.05) is 17.7 Å². The minimum absolute atomic E-state index is 0.0896. The van der Waals surface area contributed by atoms with Crippen molar-refractivity contribution >= 4 is 28.7 Å². The molecule has 0 radical (unpaired) electrons. The average Bonchev–Trinajstić information content (AvgIpc) is 2.83. The van der Waals surface area contributed by atoms with Crippen LogP contribution in [0.1, 0.15) is 0 Å². The molecular weight excluding hydrogens is 284 g/mol. The van der Waals surface area contributed by atoms with Gasteiger partial charge in [-0.2, -0.15) is 5.10 Å². The lowest BCUT2D eigenvalue weighted by molar-refractivity contribution is -0.383. The maximum Gasteiger partial charge on any atom is 0.311 e. The zero-order valence-corrected chi connectivity index (χ0v) is 11.5. The normalized spacial score (nSPS) is 10.5. The summed E-state index contributed by atoms with van der Waals surface area (Å²) in [4.78, 5) is 10.5. The maximum atomic E-state index is 11.0. The monoisotopic (exact) mass is 296 g/mol. The van der Waals surface area contributed by atoms with Crippen LogP contribution in [-0.4, -0.2) is 28.4 Å². The Morgan fingerprint density at radius 2 is 2.35 bits per heavy atom. The molecule has 2 aromatic rings. The van der Waals surface area contributed by atoms with Crippen molar-refractivity contribution in [1.29, 1.82) is 0 Å². The number of nitrogens with zero attached hydrogens (tertiary/aromatic N) is 3. The molecule has 0 unspecified atom stereocenters. The van der Waals surface area contributed by atoms with Crippen LogP contribution in [-0.2, 0) is 11.3 Å². The van der Waals surface area contributed by atoms with E-state index in [1.54, 1.807) is 36.3 Å². The number of halogens is 1. The molecule has 0 fully saturated rings. The van der Waals surface area contributed by atoms with E-state index >= 15 is 0 Å². The third kappa shape index (κ3) is 3.25. The molecular formula is C12H13ClN4O3. The van der Waals surface area contributed by atoms with Gasteiger partial charge in [-0.3, -0.25) is 14.8 Å². The lowest BCUT2D eigenvalue weighted by atomic mass is 10.2. The zero-order chi connectivity index (χ0) is 14.5. The Morgan fingerprint density at radius 3 is 3.05 bits per heavy atom. The standard InChI is InChI=1S/C12H13ClN4O3/c1-20-6-5-16-8-9(7-14-16)15-11-4-2-3-10(13)12(11)17(18)19/h2-4,7-8,15H,5-6H2,1H3. The number of methoxy groups -OCH3 is 1. The van der Waals surface area contributed by atoms with Gasteiger partial charge in [0, 0.05) is 13.3 Å². The summed E-state index contributed by atoms with van der Waals surface area (Å²) in [6.07, 6.45) is 3.32. The summed E-state index contributed by atoms with van der Waals surface area (Å²) in [7, 11) is 1.61. The van der Waals surface area contributed by atoms with E-state index in [1.807, 2.05) is 0 Å². The molecule has 0 amide bonds. The molecule has 106 valence electrons. The maximum absolute atomic E-state index is 11.0. The van der Waals surface area contributed by atoms with Crippen LogP contribution in [0, 0.1) is 10.1 Å². The Labute approximate surface area is 120 Å². The van der Waals surface area contributed by atoms with E-state index in [4.69, 9.17) is 16.3 Å². The second-order valence-corrected chi connectivity index (χ2v) is 4.41. The first-order valence-electron chi connectivity index (χ1n) is 5.83. The van der Waals surface area contributed by atoms with E-state index in [9.17, 15) is 10.1 Å². The van der Waals surface area contributed by atoms with Gasteiger partial charge >= 0.3 is 5.69 Å². The van der Waals surface area contributed by atoms with Gasteiger partial charge in [-0.15, -0.1) is 0 Å². The molecule has 0 bridgehead atoms. The summed E-state index contributed by atoms with van der Waals surface area (Å²) < 4.78 is 6.63. The molecule has 0 saturated carbocycles. The molecule has 1 heterocycles. The summed E-state index contributed by atoms with van der Waals surface area (Å²) in [5.74, 6) is 0. The van der Waals surface area contributed by atoms with Crippen molar-refractivity contribution in [3.05, 3.63) is 45.7 Å². The number of hydrogen-bond acceptors (Lipinski definition) is 5. The van der Waals surface area contributed by atoms with E-state index in [1.165, 1.54) is 6.07 Å². The molecule has 8 heteroatoms. The van der Waals surface area contributed by atoms with E-state index in [0.717, 1.165) is 0 Å². The van der Waals surface area contributed by atoms with Crippen molar-refractivity contribution in [3.63, 3.8) is 0 Å². The van der Waals surface area contributed by atoms with Crippen LogP contribution in [0.4, 0.5) is 17.1 Å². The van der Waals surface area contributed by atoms with Crippen molar-refractivity contribution in [2.45, 2.75) is 6.54 Å². The zero-order valence-electron chi connectivity index (χ0n) is 10.7. The van der Waals surface area contributed by atoms with Crippen LogP contribution >= 0.6 is 11.6 Å². The first-order valence-corrected chi connectivity index (χ1v) is 6.21. The molecule has 0 atom stereocenters. The van der Waals surface area contributed by atoms with Crippen LogP contribution in [0.15, 0.2) is 30.6 Å². The molecule has 0 aliphatic heterocycles. The fourth-order valence-electron chi connectivity index (χ4n) is 1.69. The first kappa shape index (κ1) is 14.3. The molecule has 2 rings (SSSR count). The Hall–Kier alpha value is -2.12. The van der Waals surface area contributed by atoms with Gasteiger partial charge in [0.2, 0.25) is 0 Å². The third-order valence-electron chi connectivity index (χ3n) is 2.61. The number of ether oxygens (including phenoxy) is 1. The second kappa shape index (κ2) is 6.36. The number of nitrogens with one attached hydrogen (secondary N) is 1. The Bertz CT molecular complexity index is 614. The molecule has 0 aliphatic rings. The molecule has 1 aromatic carbocycles. The van der Waals surface area contributed by atoms with Crippen LogP contribution in [0.3, 0.4) is 0 Å². The van der Waals surface area contributed by atoms with E-state index in [2.05, 4.69) is 10.4 Å². The lowest BCUT2D eigenvalue weighted by Crippen LogP contribution is -2.04. The number of para-hydroxylation sites is 1. The van der Waals surface area contributed by atoms with Gasteiger partial charge in [-0.05, 0) is 12.1 Å². The first-order chi connectivity index (χ1) is 9.61. The van der Waals surface area contributed by atoms with Gasteiger partial charge in [0.1, 0.15) is 10.7 Å². The average molecular weight is 297 g/mol. The van der Waals surface area contributed by atoms with Crippen molar-refractivity contribution in [1.82, 2.24) is 9.78 Å². The summed E-state index contributed by atoms with van der Waals surface area (Å²) in [6, 6.07) is 4.72. The quantitative estimate of drug-likeness (QED) is 0.654. The highest BCUT2D eigenvalue weighted by molar-refractivity contribution is 6.33. The molecule has 1 N–H and O–H groups in total. The molecule has 20 heavy (non-hydrogen) atoms. The third-order valence-corrected chi connectivity index (χ3v) is 2.91. The Morgan fingerprint density at radius 1 is 1.55 bits per heavy atom. The van der Waals surface area contributed by atoms with Gasteiger partial charge in [0.05, 0.1) is 30.0 Å². The van der Waals surface area contributed by atoms with Crippen molar-refractivity contribution in [3.8, 4) is 0 Å². The minimum atomic E-state index is -0.514. The Balaban J connectivity index is 2.20. The smallest absolute Gasteiger partial charge is 0.311 e. The number of hydrogen-bond donors (Lipinski definition) is 1. The second-order valence-electron chi connectivity index (χ2n) is 4.00. The lowest BCUT2D eigenvalue weighted by Gasteiger charge is -2.05. The fraction of sp³-hybridized carbons (Fsp3) is 0.250. The van der Waals surface area contributed by atoms with Crippen molar-refractivity contribution in [2.24, 2.45) is 0 Å². The van der Waals surface area contributed by atoms with Crippen molar-refractivity contribution < 1.29 is 9.66 Å². The highest BCUT2D eigenvalue weighted by atomic mass is 35.5. The van der Waals surface area contributed by atoms with Crippen LogP contribution in [0.5, 0.6) is 0 Å². The molecule has 0 saturated heterocycles. The van der Waals surface area contributed by atoms with E-state index < -0.39 is 4.92 Å². The fourth-order valence-corrected chi connectivity index (χ4v) is 1.94. The predicted octanol–water partition coefficient (Wildman–Crippen LogP) is 2.83. The number of rotatable bonds is 6. The largest absolute Gasteiger partial charge is 0.383 e. The van der Waals surface area contributed by atoms with Crippen LogP contribution in [0.25, 0.3) is 0 Å². The van der Waals surface area contributed by atoms with E-state index in [-0.39, 0.29) is 10.7 Å². The predicted molar refractivity (Wildman–Crippen MR) is 75.5 cm³/mol. The van der Waals surface area contributed by atoms with E-state index in [0.29, 0.717) is 24.5 Å².